The molecule has 6 aromatic heterocycles. The molecule has 6 heteroatoms. The van der Waals surface area contributed by atoms with Crippen LogP contribution in [0.4, 0.5) is 0 Å². The van der Waals surface area contributed by atoms with Gasteiger partial charge in [-0.05, 0) is 215 Å². The van der Waals surface area contributed by atoms with Crippen molar-refractivity contribution in [2.45, 2.75) is 135 Å². The fourth-order valence-corrected chi connectivity index (χ4v) is 11.9. The van der Waals surface area contributed by atoms with Crippen LogP contribution in [-0.4, -0.2) is 0 Å². The molecule has 6 nitrogen and oxygen atoms in total. The van der Waals surface area contributed by atoms with Gasteiger partial charge in [0.1, 0.15) is 42.3 Å². The Morgan fingerprint density at radius 3 is 1.19 bits per heavy atom. The first-order chi connectivity index (χ1) is 55.5. The molecule has 0 aliphatic rings. The molecule has 6 aromatic carbocycles. The van der Waals surface area contributed by atoms with Crippen molar-refractivity contribution in [3.8, 4) is 67.5 Å². The molecule has 1 atom stereocenters. The van der Waals surface area contributed by atoms with Crippen LogP contribution in [-0.2, 0) is 55.0 Å². The lowest BCUT2D eigenvalue weighted by atomic mass is 9.96. The molecular weight excluding hydrogens is 1200 g/mol. The fourth-order valence-electron chi connectivity index (χ4n) is 11.9. The Hall–Kier alpha value is -9.78. The predicted molar refractivity (Wildman–Crippen MR) is 417 cm³/mol. The number of rotatable bonds is 11. The van der Waals surface area contributed by atoms with Crippen molar-refractivity contribution in [1.29, 1.82) is 0 Å². The Morgan fingerprint density at radius 1 is 0.343 bits per heavy atom. The van der Waals surface area contributed by atoms with E-state index >= 15 is 0 Å². The molecular formula is C93H114N6+6. The van der Waals surface area contributed by atoms with Crippen LogP contribution in [0.15, 0.2) is 250 Å². The quantitative estimate of drug-likeness (QED) is 0.115. The second-order valence-corrected chi connectivity index (χ2v) is 25.5. The molecule has 0 aliphatic carbocycles. The first-order valence-corrected chi connectivity index (χ1v) is 33.3. The largest absolute Gasteiger partial charge is 0.212 e. The molecule has 0 N–H and O–H groups in total. The van der Waals surface area contributed by atoms with Crippen molar-refractivity contribution in [3.05, 3.63) is 322 Å². The summed E-state index contributed by atoms with van der Waals surface area (Å²) in [6.45, 7) is 8.31. The smallest absolute Gasteiger partial charge is 0.201 e. The molecule has 0 spiro atoms. The monoisotopic (exact) mass is 1340 g/mol. The molecule has 12 rings (SSSR count). The van der Waals surface area contributed by atoms with Crippen molar-refractivity contribution in [1.82, 2.24) is 0 Å². The summed E-state index contributed by atoms with van der Waals surface area (Å²) in [5.74, 6) is -4.34. The molecule has 0 radical (unpaired) electrons. The van der Waals surface area contributed by atoms with E-state index in [9.17, 15) is 0 Å². The van der Waals surface area contributed by atoms with Crippen LogP contribution in [0.25, 0.3) is 67.5 Å². The average Bonchev–Trinajstić information content (AvgIpc) is 0.716. The average molecular weight is 1340 g/mol. The van der Waals surface area contributed by atoms with Gasteiger partial charge in [0, 0.05) is 134 Å². The van der Waals surface area contributed by atoms with Gasteiger partial charge in [0.05, 0.1) is 0 Å². The second-order valence-electron chi connectivity index (χ2n) is 25.5. The van der Waals surface area contributed by atoms with E-state index in [1.54, 1.807) is 49.4 Å². The first-order valence-electron chi connectivity index (χ1n) is 43.8. The van der Waals surface area contributed by atoms with Crippen LogP contribution in [0, 0.1) is 68.1 Å². The summed E-state index contributed by atoms with van der Waals surface area (Å²) in [7, 11) is 12.0. The second kappa shape index (κ2) is 36.7. The number of hydrogen-bond donors (Lipinski definition) is 0. The van der Waals surface area contributed by atoms with Crippen LogP contribution in [0.3, 0.4) is 0 Å². The molecule has 0 fully saturated rings. The summed E-state index contributed by atoms with van der Waals surface area (Å²) in [5.41, 5.74) is 24.2. The lowest BCUT2D eigenvalue weighted by Gasteiger charge is -2.11. The minimum absolute atomic E-state index is 0.149. The number of benzene rings is 6. The van der Waals surface area contributed by atoms with Crippen LogP contribution in [0.2, 0.25) is 0 Å². The van der Waals surface area contributed by atoms with E-state index in [1.807, 2.05) is 183 Å². The highest BCUT2D eigenvalue weighted by Crippen LogP contribution is 2.29. The van der Waals surface area contributed by atoms with Crippen molar-refractivity contribution in [3.63, 3.8) is 0 Å². The van der Waals surface area contributed by atoms with Crippen molar-refractivity contribution >= 4 is 0 Å². The molecule has 0 saturated heterocycles. The van der Waals surface area contributed by atoms with Gasteiger partial charge in [-0.25, -0.2) is 27.4 Å². The van der Waals surface area contributed by atoms with Crippen molar-refractivity contribution in [2.75, 3.05) is 0 Å². The number of pyridine rings is 6. The zero-order chi connectivity index (χ0) is 90.0. The van der Waals surface area contributed by atoms with E-state index in [4.69, 9.17) is 28.8 Å². The number of aromatic nitrogens is 6. The van der Waals surface area contributed by atoms with E-state index in [-0.39, 0.29) is 11.1 Å². The van der Waals surface area contributed by atoms with Crippen LogP contribution < -0.4 is 27.4 Å². The summed E-state index contributed by atoms with van der Waals surface area (Å²) >= 11 is 0. The van der Waals surface area contributed by atoms with Gasteiger partial charge in [0.15, 0.2) is 37.2 Å². The van der Waals surface area contributed by atoms with Crippen molar-refractivity contribution in [2.24, 2.45) is 48.2 Å². The van der Waals surface area contributed by atoms with Crippen LogP contribution in [0.1, 0.15) is 161 Å². The Labute approximate surface area is 626 Å². The lowest BCUT2D eigenvalue weighted by molar-refractivity contribution is -0.661. The maximum Gasteiger partial charge on any atom is 0.212 e. The topological polar surface area (TPSA) is 23.3 Å². The summed E-state index contributed by atoms with van der Waals surface area (Å²) < 4.78 is 173. The number of aryl methyl sites for hydroxylation is 16. The maximum atomic E-state index is 8.30. The summed E-state index contributed by atoms with van der Waals surface area (Å²) in [5, 5.41) is 0. The third-order valence-electron chi connectivity index (χ3n) is 17.4. The molecule has 6 heterocycles. The normalized spacial score (nSPS) is 15.4. The van der Waals surface area contributed by atoms with E-state index < -0.39 is 58.8 Å². The SMILES string of the molecule is Cc1ccc(C)c(-c2cccc[n+]2C)c1.Cc1ccccc1-c1cc(C)c(C(C)C)c[n+]1C.[2H]C([2H])([2H])C([2H])(C([2H])([2H])[2H])C([2H])([2H])c1ccc(-c2cccc[n+]2C)c(C)c1.[2H]C([2H])([2H])C([2H])(C)c1ccc(-c2cccc[n+]2C)c(C)c1.[2H]C([2H])([2H])C([2H])([2H])c1ccc(-c2cccc[n+]2C)c(C)c1.[2H]C([2H])([2H])c1ccc(-c2cccc[n+]2C)c(C)c1. The summed E-state index contributed by atoms with van der Waals surface area (Å²) in [6.07, 6.45) is 6.82. The highest BCUT2D eigenvalue weighted by Gasteiger charge is 2.19. The standard InChI is InChI=1S/2C17H22N.C16H20N.C15H18N.2C14H16N/c1-12(2)16-11-18(5)17(10-14(16)4)15-9-7-6-8-13(15)3;1-13(2)11-15-8-9-16(14(3)12-15)17-7-5-6-10-18(17)4;1-12(2)14-8-9-15(13(3)11-14)16-7-5-6-10-17(16)4;1-4-13-8-9-14(12(2)11-13)15-7-5-6-10-16(15)3;1-11-7-8-13(12(2)10-11)14-6-4-5-9-15(14)3;1-11-7-8-12(2)13(10-11)14-6-4-5-9-15(14)3/h6-12H,1-5H3;5-10,12-13H,11H2,1-4H3;5-12H,1-4H3;5-11H,4H2,1-3H3;2*4-10H,1-3H3/q6*+1/i;1D3,2D3,11D2,13D;1D3,12D;1D3,4D2;1D3;. The zero-order valence-corrected chi connectivity index (χ0v) is 60.9. The third-order valence-corrected chi connectivity index (χ3v) is 17.4. The Balaban J connectivity index is 0.000000200. The van der Waals surface area contributed by atoms with E-state index in [0.717, 1.165) is 61.7 Å². The molecule has 510 valence electrons. The molecule has 0 bridgehead atoms. The third kappa shape index (κ3) is 21.4. The minimum atomic E-state index is -3.35. The number of hydrogen-bond acceptors (Lipinski definition) is 0. The molecule has 12 aromatic rings. The molecule has 0 amide bonds. The molecule has 99 heavy (non-hydrogen) atoms. The molecule has 0 saturated carbocycles. The summed E-state index contributed by atoms with van der Waals surface area (Å²) in [4.78, 5) is 0. The van der Waals surface area contributed by atoms with Gasteiger partial charge in [-0.1, -0.05) is 138 Å². The summed E-state index contributed by atoms with van der Waals surface area (Å²) in [6, 6.07) is 67.2. The zero-order valence-electron chi connectivity index (χ0n) is 81.9. The highest BCUT2D eigenvalue weighted by atomic mass is 14.9. The first kappa shape index (κ1) is 51.4. The van der Waals surface area contributed by atoms with E-state index in [1.165, 1.54) is 69.4 Å². The van der Waals surface area contributed by atoms with Gasteiger partial charge < -0.3 is 0 Å². The number of nitrogens with zero attached hydrogens (tertiary/aromatic N) is 6. The van der Waals surface area contributed by atoms with Gasteiger partial charge in [0.25, 0.3) is 0 Å². The van der Waals surface area contributed by atoms with E-state index in [2.05, 4.69) is 144 Å². The van der Waals surface area contributed by atoms with E-state index in [0.29, 0.717) is 22.6 Å². The predicted octanol–water partition coefficient (Wildman–Crippen LogP) is 19.9. The molecule has 1 unspecified atom stereocenters. The van der Waals surface area contributed by atoms with Crippen LogP contribution in [0.5, 0.6) is 0 Å². The van der Waals surface area contributed by atoms with Gasteiger partial charge in [0.2, 0.25) is 34.2 Å². The Kier molecular flexibility index (Phi) is 19.1. The van der Waals surface area contributed by atoms with Crippen molar-refractivity contribution < 1.29 is 56.2 Å². The fraction of sp³-hybridized carbons (Fsp3) is 0.290. The van der Waals surface area contributed by atoms with Gasteiger partial charge in [-0.2, -0.15) is 0 Å². The van der Waals surface area contributed by atoms with Gasteiger partial charge in [-0.15, -0.1) is 0 Å². The maximum absolute atomic E-state index is 8.30. The minimum Gasteiger partial charge on any atom is -0.201 e. The Bertz CT molecular complexity index is 5410. The highest BCUT2D eigenvalue weighted by molar-refractivity contribution is 5.66. The molecule has 0 aliphatic heterocycles. The Morgan fingerprint density at radius 2 is 0.758 bits per heavy atom. The van der Waals surface area contributed by atoms with Crippen LogP contribution >= 0.6 is 0 Å². The van der Waals surface area contributed by atoms with Gasteiger partial charge in [-0.3, -0.25) is 0 Å². The lowest BCUT2D eigenvalue weighted by Crippen LogP contribution is -2.32. The van der Waals surface area contributed by atoms with Gasteiger partial charge >= 0.3 is 0 Å².